The first-order valence-corrected chi connectivity index (χ1v) is 10.7. The average Bonchev–Trinajstić information content (AvgIpc) is 2.88. The summed E-state index contributed by atoms with van der Waals surface area (Å²) in [6, 6.07) is 6.33. The number of ether oxygens (including phenoxy) is 1. The van der Waals surface area contributed by atoms with Crippen molar-refractivity contribution in [3.05, 3.63) is 29.3 Å². The van der Waals surface area contributed by atoms with Gasteiger partial charge in [-0.1, -0.05) is 45.7 Å². The van der Waals surface area contributed by atoms with E-state index in [4.69, 9.17) is 4.74 Å². The van der Waals surface area contributed by atoms with Crippen LogP contribution >= 0.6 is 0 Å². The molecule has 2 rings (SSSR count). The topological polar surface area (TPSA) is 44.7 Å². The molecule has 0 aromatic heterocycles. The molecule has 2 N–H and O–H groups in total. The molecule has 0 spiro atoms. The minimum Gasteiger partial charge on any atom is -0.491 e. The standard InChI is InChI=1S/C23H40N2O2/c1-19-16-20(23(2,3)4)10-11-22(19)27-18-21(26)17-24-12-9-15-25-13-7-5-6-8-14-25/h10-11,16,21,24,26H,5-9,12-15,17-18H2,1-4H3/t21-/m0/s1. The monoisotopic (exact) mass is 376 g/mol. The van der Waals surface area contributed by atoms with Crippen molar-refractivity contribution >= 4 is 0 Å². The minimum atomic E-state index is -0.482. The fraction of sp³-hybridized carbons (Fsp3) is 0.739. The van der Waals surface area contributed by atoms with Crippen molar-refractivity contribution in [2.75, 3.05) is 39.3 Å². The summed E-state index contributed by atoms with van der Waals surface area (Å²) in [5.41, 5.74) is 2.57. The second kappa shape index (κ2) is 11.0. The molecule has 0 radical (unpaired) electrons. The second-order valence-electron chi connectivity index (χ2n) is 9.01. The lowest BCUT2D eigenvalue weighted by Crippen LogP contribution is -2.34. The van der Waals surface area contributed by atoms with Crippen molar-refractivity contribution < 1.29 is 9.84 Å². The second-order valence-corrected chi connectivity index (χ2v) is 9.01. The van der Waals surface area contributed by atoms with Gasteiger partial charge >= 0.3 is 0 Å². The molecule has 154 valence electrons. The maximum atomic E-state index is 10.2. The van der Waals surface area contributed by atoms with Crippen LogP contribution in [0.5, 0.6) is 5.75 Å². The van der Waals surface area contributed by atoms with Crippen LogP contribution in [0.3, 0.4) is 0 Å². The predicted molar refractivity (Wildman–Crippen MR) is 114 cm³/mol. The van der Waals surface area contributed by atoms with Crippen molar-refractivity contribution in [2.45, 2.75) is 71.3 Å². The molecule has 4 nitrogen and oxygen atoms in total. The first-order chi connectivity index (χ1) is 12.9. The third kappa shape index (κ3) is 8.20. The van der Waals surface area contributed by atoms with Gasteiger partial charge in [-0.3, -0.25) is 0 Å². The normalized spacial score (nSPS) is 17.5. The van der Waals surface area contributed by atoms with Gasteiger partial charge in [-0.2, -0.15) is 0 Å². The summed E-state index contributed by atoms with van der Waals surface area (Å²) < 4.78 is 5.83. The molecule has 0 amide bonds. The largest absolute Gasteiger partial charge is 0.491 e. The lowest BCUT2D eigenvalue weighted by molar-refractivity contribution is 0.106. The lowest BCUT2D eigenvalue weighted by atomic mass is 9.86. The summed E-state index contributed by atoms with van der Waals surface area (Å²) in [7, 11) is 0. The van der Waals surface area contributed by atoms with Crippen LogP contribution in [-0.4, -0.2) is 55.4 Å². The highest BCUT2D eigenvalue weighted by molar-refractivity contribution is 5.38. The summed E-state index contributed by atoms with van der Waals surface area (Å²) in [6.45, 7) is 14.2. The Morgan fingerprint density at radius 3 is 2.48 bits per heavy atom. The van der Waals surface area contributed by atoms with Crippen LogP contribution in [0.1, 0.15) is 64.0 Å². The van der Waals surface area contributed by atoms with Gasteiger partial charge < -0.3 is 20.1 Å². The molecule has 0 unspecified atom stereocenters. The third-order valence-electron chi connectivity index (χ3n) is 5.38. The number of likely N-dealkylation sites (tertiary alicyclic amines) is 1. The van der Waals surface area contributed by atoms with Gasteiger partial charge in [0.1, 0.15) is 18.5 Å². The van der Waals surface area contributed by atoms with E-state index in [1.807, 2.05) is 6.07 Å². The van der Waals surface area contributed by atoms with E-state index in [0.29, 0.717) is 13.2 Å². The number of hydrogen-bond acceptors (Lipinski definition) is 4. The van der Waals surface area contributed by atoms with Crippen LogP contribution in [0.2, 0.25) is 0 Å². The fourth-order valence-electron chi connectivity index (χ4n) is 3.58. The molecule has 27 heavy (non-hydrogen) atoms. The number of aliphatic hydroxyl groups is 1. The Kier molecular flexibility index (Phi) is 9.07. The number of benzene rings is 1. The summed E-state index contributed by atoms with van der Waals surface area (Å²) in [5.74, 6) is 0.864. The molecule has 1 aromatic carbocycles. The van der Waals surface area contributed by atoms with Crippen molar-refractivity contribution in [1.29, 1.82) is 0 Å². The highest BCUT2D eigenvalue weighted by atomic mass is 16.5. The van der Waals surface area contributed by atoms with Gasteiger partial charge in [0.2, 0.25) is 0 Å². The highest BCUT2D eigenvalue weighted by Gasteiger charge is 2.15. The Morgan fingerprint density at radius 1 is 1.15 bits per heavy atom. The average molecular weight is 377 g/mol. The van der Waals surface area contributed by atoms with Crippen LogP contribution < -0.4 is 10.1 Å². The molecule has 1 saturated heterocycles. The first-order valence-electron chi connectivity index (χ1n) is 10.7. The zero-order valence-corrected chi connectivity index (χ0v) is 17.9. The van der Waals surface area contributed by atoms with Gasteiger partial charge in [0.15, 0.2) is 0 Å². The number of rotatable bonds is 9. The lowest BCUT2D eigenvalue weighted by Gasteiger charge is -2.21. The number of nitrogens with one attached hydrogen (secondary N) is 1. The van der Waals surface area contributed by atoms with Crippen LogP contribution in [0, 0.1) is 6.92 Å². The molecule has 0 bridgehead atoms. The van der Waals surface area contributed by atoms with Gasteiger partial charge in [-0.05, 0) is 75.0 Å². The van der Waals surface area contributed by atoms with E-state index in [2.05, 4.69) is 50.0 Å². The van der Waals surface area contributed by atoms with E-state index in [1.165, 1.54) is 50.9 Å². The Labute approximate surface area is 166 Å². The molecule has 1 heterocycles. The van der Waals surface area contributed by atoms with Crippen LogP contribution in [0.25, 0.3) is 0 Å². The van der Waals surface area contributed by atoms with Crippen molar-refractivity contribution in [2.24, 2.45) is 0 Å². The van der Waals surface area contributed by atoms with E-state index in [1.54, 1.807) is 0 Å². The minimum absolute atomic E-state index is 0.139. The maximum Gasteiger partial charge on any atom is 0.122 e. The zero-order valence-electron chi connectivity index (χ0n) is 17.9. The SMILES string of the molecule is Cc1cc(C(C)(C)C)ccc1OC[C@@H](O)CNCCCN1CCCCCC1. The molecule has 1 aromatic rings. The van der Waals surface area contributed by atoms with Gasteiger partial charge in [0, 0.05) is 6.54 Å². The van der Waals surface area contributed by atoms with E-state index in [0.717, 1.165) is 24.3 Å². The van der Waals surface area contributed by atoms with Crippen molar-refractivity contribution in [1.82, 2.24) is 10.2 Å². The quantitative estimate of drug-likeness (QED) is 0.642. The number of nitrogens with zero attached hydrogens (tertiary/aromatic N) is 1. The summed E-state index contributed by atoms with van der Waals surface area (Å²) in [5, 5.41) is 13.5. The summed E-state index contributed by atoms with van der Waals surface area (Å²) in [4.78, 5) is 2.58. The summed E-state index contributed by atoms with van der Waals surface area (Å²) in [6.07, 6.45) is 6.13. The molecule has 0 saturated carbocycles. The first kappa shape index (κ1) is 22.2. The van der Waals surface area contributed by atoms with Crippen LogP contribution in [0.4, 0.5) is 0 Å². The smallest absolute Gasteiger partial charge is 0.122 e. The molecule has 0 aliphatic carbocycles. The zero-order chi connectivity index (χ0) is 19.7. The maximum absolute atomic E-state index is 10.2. The molecular weight excluding hydrogens is 336 g/mol. The van der Waals surface area contributed by atoms with Crippen molar-refractivity contribution in [3.8, 4) is 5.75 Å². The number of aliphatic hydroxyl groups excluding tert-OH is 1. The Balaban J connectivity index is 1.61. The van der Waals surface area contributed by atoms with Crippen LogP contribution in [0.15, 0.2) is 18.2 Å². The van der Waals surface area contributed by atoms with Crippen molar-refractivity contribution in [3.63, 3.8) is 0 Å². The molecule has 1 atom stereocenters. The predicted octanol–water partition coefficient (Wildman–Crippen LogP) is 3.89. The van der Waals surface area contributed by atoms with E-state index in [9.17, 15) is 5.11 Å². The molecular formula is C23H40N2O2. The fourth-order valence-corrected chi connectivity index (χ4v) is 3.58. The van der Waals surface area contributed by atoms with Crippen LogP contribution in [-0.2, 0) is 5.41 Å². The van der Waals surface area contributed by atoms with E-state index in [-0.39, 0.29) is 5.41 Å². The van der Waals surface area contributed by atoms with Gasteiger partial charge in [0.05, 0.1) is 0 Å². The number of hydrogen-bond donors (Lipinski definition) is 2. The summed E-state index contributed by atoms with van der Waals surface area (Å²) >= 11 is 0. The Morgan fingerprint density at radius 2 is 1.85 bits per heavy atom. The molecule has 1 aliphatic heterocycles. The van der Waals surface area contributed by atoms with Gasteiger partial charge in [0.25, 0.3) is 0 Å². The van der Waals surface area contributed by atoms with E-state index >= 15 is 0 Å². The molecule has 1 aliphatic rings. The third-order valence-corrected chi connectivity index (χ3v) is 5.38. The van der Waals surface area contributed by atoms with E-state index < -0.39 is 6.10 Å². The Bertz CT molecular complexity index is 546. The Hall–Kier alpha value is -1.10. The van der Waals surface area contributed by atoms with Gasteiger partial charge in [-0.15, -0.1) is 0 Å². The molecule has 1 fully saturated rings. The highest BCUT2D eigenvalue weighted by Crippen LogP contribution is 2.27. The molecule has 4 heteroatoms. The van der Waals surface area contributed by atoms with Gasteiger partial charge in [-0.25, -0.2) is 0 Å². The number of aryl methyl sites for hydroxylation is 1.